The molecule has 0 spiro atoms. The van der Waals surface area contributed by atoms with Crippen LogP contribution >= 0.6 is 0 Å². The second kappa shape index (κ2) is 6.94. The SMILES string of the molecule is Cn1cc(-c2cc(C(=O)Nc3ccc4c(c3)OCCO4)c3ccccc3n2)cn1. The maximum absolute atomic E-state index is 13.2. The fourth-order valence-corrected chi connectivity index (χ4v) is 3.38. The number of rotatable bonds is 3. The molecule has 144 valence electrons. The molecule has 0 unspecified atom stereocenters. The van der Waals surface area contributed by atoms with Gasteiger partial charge in [0.1, 0.15) is 13.2 Å². The lowest BCUT2D eigenvalue weighted by atomic mass is 10.0. The Morgan fingerprint density at radius 3 is 2.72 bits per heavy atom. The van der Waals surface area contributed by atoms with Crippen LogP contribution in [0.15, 0.2) is 60.9 Å². The summed E-state index contributed by atoms with van der Waals surface area (Å²) in [5, 5.41) is 7.96. The van der Waals surface area contributed by atoms with E-state index in [4.69, 9.17) is 14.5 Å². The highest BCUT2D eigenvalue weighted by Gasteiger charge is 2.17. The molecule has 0 fully saturated rings. The number of anilines is 1. The Kier molecular flexibility index (Phi) is 4.13. The molecule has 7 heteroatoms. The summed E-state index contributed by atoms with van der Waals surface area (Å²) in [6, 6.07) is 14.8. The van der Waals surface area contributed by atoms with Gasteiger partial charge in [0.05, 0.1) is 23.0 Å². The van der Waals surface area contributed by atoms with Crippen LogP contribution in [0.25, 0.3) is 22.2 Å². The Morgan fingerprint density at radius 2 is 1.90 bits per heavy atom. The predicted octanol–water partition coefficient (Wildman–Crippen LogP) is 3.66. The van der Waals surface area contributed by atoms with Gasteiger partial charge in [-0.05, 0) is 24.3 Å². The van der Waals surface area contributed by atoms with Gasteiger partial charge in [0.15, 0.2) is 11.5 Å². The summed E-state index contributed by atoms with van der Waals surface area (Å²) in [4.78, 5) is 17.8. The van der Waals surface area contributed by atoms with E-state index in [2.05, 4.69) is 10.4 Å². The van der Waals surface area contributed by atoms with Crippen molar-refractivity contribution in [1.29, 1.82) is 0 Å². The third-order valence-electron chi connectivity index (χ3n) is 4.76. The molecule has 1 aliphatic heterocycles. The molecule has 0 saturated heterocycles. The van der Waals surface area contributed by atoms with Gasteiger partial charge >= 0.3 is 0 Å². The summed E-state index contributed by atoms with van der Waals surface area (Å²) < 4.78 is 12.9. The average Bonchev–Trinajstić information content (AvgIpc) is 3.19. The maximum Gasteiger partial charge on any atom is 0.256 e. The third-order valence-corrected chi connectivity index (χ3v) is 4.76. The van der Waals surface area contributed by atoms with Gasteiger partial charge in [-0.15, -0.1) is 0 Å². The molecule has 2 aromatic carbocycles. The predicted molar refractivity (Wildman–Crippen MR) is 109 cm³/mol. The molecule has 1 N–H and O–H groups in total. The lowest BCUT2D eigenvalue weighted by molar-refractivity contribution is 0.102. The number of ether oxygens (including phenoxy) is 2. The minimum absolute atomic E-state index is 0.217. The molecule has 0 radical (unpaired) electrons. The summed E-state index contributed by atoms with van der Waals surface area (Å²) >= 11 is 0. The molecule has 0 aliphatic carbocycles. The van der Waals surface area contributed by atoms with Crippen LogP contribution in [-0.2, 0) is 7.05 Å². The number of hydrogen-bond acceptors (Lipinski definition) is 5. The van der Waals surface area contributed by atoms with Crippen LogP contribution in [0.2, 0.25) is 0 Å². The highest BCUT2D eigenvalue weighted by molar-refractivity contribution is 6.13. The molecule has 29 heavy (non-hydrogen) atoms. The van der Waals surface area contributed by atoms with Gasteiger partial charge in [-0.3, -0.25) is 9.48 Å². The summed E-state index contributed by atoms with van der Waals surface area (Å²) in [6.07, 6.45) is 3.61. The van der Waals surface area contributed by atoms with E-state index in [0.717, 1.165) is 16.5 Å². The molecule has 0 atom stereocenters. The molecule has 3 heterocycles. The first kappa shape index (κ1) is 17.2. The third kappa shape index (κ3) is 3.27. The lowest BCUT2D eigenvalue weighted by Crippen LogP contribution is -2.16. The highest BCUT2D eigenvalue weighted by Crippen LogP contribution is 2.33. The number of carbonyl (C=O) groups excluding carboxylic acids is 1. The standard InChI is InChI=1S/C22H18N4O3/c1-26-13-14(12-23-26)19-11-17(16-4-2-3-5-18(16)25-19)22(27)24-15-6-7-20-21(10-15)29-9-8-28-20/h2-7,10-13H,8-9H2,1H3,(H,24,27). The second-order valence-corrected chi connectivity index (χ2v) is 6.79. The molecule has 0 bridgehead atoms. The number of nitrogens with zero attached hydrogens (tertiary/aromatic N) is 3. The summed E-state index contributed by atoms with van der Waals surface area (Å²) in [5.41, 5.74) is 3.49. The van der Waals surface area contributed by atoms with Crippen molar-refractivity contribution in [3.8, 4) is 22.8 Å². The van der Waals surface area contributed by atoms with Crippen LogP contribution in [0.5, 0.6) is 11.5 Å². The minimum atomic E-state index is -0.217. The zero-order valence-corrected chi connectivity index (χ0v) is 15.8. The molecule has 2 aromatic heterocycles. The number of aryl methyl sites for hydroxylation is 1. The van der Waals surface area contributed by atoms with Crippen LogP contribution in [0, 0.1) is 0 Å². The molecule has 4 aromatic rings. The molecule has 1 amide bonds. The van der Waals surface area contributed by atoms with Crippen molar-refractivity contribution in [2.45, 2.75) is 0 Å². The molecule has 5 rings (SSSR count). The van der Waals surface area contributed by atoms with Crippen LogP contribution in [0.4, 0.5) is 5.69 Å². The molecule has 7 nitrogen and oxygen atoms in total. The van der Waals surface area contributed by atoms with Crippen LogP contribution in [0.1, 0.15) is 10.4 Å². The van der Waals surface area contributed by atoms with Gasteiger partial charge in [0.2, 0.25) is 0 Å². The highest BCUT2D eigenvalue weighted by atomic mass is 16.6. The number of amides is 1. The number of aromatic nitrogens is 3. The van der Waals surface area contributed by atoms with Crippen LogP contribution in [0.3, 0.4) is 0 Å². The summed E-state index contributed by atoms with van der Waals surface area (Å²) in [6.45, 7) is 1.02. The van der Waals surface area contributed by atoms with Gasteiger partial charge in [-0.25, -0.2) is 4.98 Å². The van der Waals surface area contributed by atoms with Crippen molar-refractivity contribution in [3.63, 3.8) is 0 Å². The first-order valence-corrected chi connectivity index (χ1v) is 9.27. The number of fused-ring (bicyclic) bond motifs is 2. The number of nitrogens with one attached hydrogen (secondary N) is 1. The van der Waals surface area contributed by atoms with Crippen molar-refractivity contribution < 1.29 is 14.3 Å². The number of benzene rings is 2. The zero-order valence-electron chi connectivity index (χ0n) is 15.8. The summed E-state index contributed by atoms with van der Waals surface area (Å²) in [7, 11) is 1.85. The number of carbonyl (C=O) groups is 1. The molecule has 1 aliphatic rings. The smallest absolute Gasteiger partial charge is 0.256 e. The quantitative estimate of drug-likeness (QED) is 0.581. The fraction of sp³-hybridized carbons (Fsp3) is 0.136. The zero-order chi connectivity index (χ0) is 19.8. The van der Waals surface area contributed by atoms with Crippen molar-refractivity contribution in [3.05, 3.63) is 66.5 Å². The summed E-state index contributed by atoms with van der Waals surface area (Å²) in [5.74, 6) is 1.09. The number of pyridine rings is 1. The molecular weight excluding hydrogens is 368 g/mol. The van der Waals surface area contributed by atoms with E-state index in [1.165, 1.54) is 0 Å². The first-order chi connectivity index (χ1) is 14.2. The van der Waals surface area contributed by atoms with E-state index in [9.17, 15) is 4.79 Å². The number of hydrogen-bond donors (Lipinski definition) is 1. The normalized spacial score (nSPS) is 12.7. The Morgan fingerprint density at radius 1 is 1.07 bits per heavy atom. The van der Waals surface area contributed by atoms with Gasteiger partial charge in [-0.2, -0.15) is 5.10 Å². The van der Waals surface area contributed by atoms with Gasteiger partial charge in [-0.1, -0.05) is 18.2 Å². The lowest BCUT2D eigenvalue weighted by Gasteiger charge is -2.19. The van der Waals surface area contributed by atoms with Crippen LogP contribution < -0.4 is 14.8 Å². The Labute approximate surface area is 166 Å². The number of para-hydroxylation sites is 1. The van der Waals surface area contributed by atoms with E-state index in [1.54, 1.807) is 35.1 Å². The van der Waals surface area contributed by atoms with E-state index in [1.807, 2.05) is 37.5 Å². The van der Waals surface area contributed by atoms with Gasteiger partial charge < -0.3 is 14.8 Å². The molecule has 0 saturated carbocycles. The van der Waals surface area contributed by atoms with Gasteiger partial charge in [0.25, 0.3) is 5.91 Å². The fourth-order valence-electron chi connectivity index (χ4n) is 3.38. The Hall–Kier alpha value is -3.87. The van der Waals surface area contributed by atoms with E-state index < -0.39 is 0 Å². The maximum atomic E-state index is 13.2. The second-order valence-electron chi connectivity index (χ2n) is 6.79. The largest absolute Gasteiger partial charge is 0.486 e. The topological polar surface area (TPSA) is 78.3 Å². The van der Waals surface area contributed by atoms with E-state index in [0.29, 0.717) is 41.7 Å². The molecular formula is C22H18N4O3. The first-order valence-electron chi connectivity index (χ1n) is 9.27. The van der Waals surface area contributed by atoms with Crippen molar-refractivity contribution in [1.82, 2.24) is 14.8 Å². The van der Waals surface area contributed by atoms with Crippen molar-refractivity contribution >= 4 is 22.5 Å². The van der Waals surface area contributed by atoms with E-state index >= 15 is 0 Å². The van der Waals surface area contributed by atoms with Crippen molar-refractivity contribution in [2.24, 2.45) is 7.05 Å². The monoisotopic (exact) mass is 386 g/mol. The Bertz CT molecular complexity index is 1230. The van der Waals surface area contributed by atoms with Crippen molar-refractivity contribution in [2.75, 3.05) is 18.5 Å². The van der Waals surface area contributed by atoms with Gasteiger partial charge in [0, 0.05) is 35.9 Å². The van der Waals surface area contributed by atoms with E-state index in [-0.39, 0.29) is 5.91 Å². The van der Waals surface area contributed by atoms with Crippen LogP contribution in [-0.4, -0.2) is 33.9 Å². The minimum Gasteiger partial charge on any atom is -0.486 e. The Balaban J connectivity index is 1.54. The average molecular weight is 386 g/mol.